The van der Waals surface area contributed by atoms with Crippen LogP contribution >= 0.6 is 0 Å². The molecule has 0 amide bonds. The normalized spacial score (nSPS) is 6.38. The largest absolute Gasteiger partial charge is 0.476 e. The lowest BCUT2D eigenvalue weighted by atomic mass is 10.5. The smallest absolute Gasteiger partial charge is 0.371 e. The van der Waals surface area contributed by atoms with Gasteiger partial charge in [-0.2, -0.15) is 0 Å². The van der Waals surface area contributed by atoms with E-state index >= 15 is 0 Å². The predicted molar refractivity (Wildman–Crippen MR) is 23.6 cm³/mol. The Bertz CT molecular complexity index is 73.7. The Kier molecular flexibility index (Phi) is 7.67. The first-order valence-corrected chi connectivity index (χ1v) is 1.58. The Hall–Kier alpha value is -0.940. The number of hydrogen-bond acceptors (Lipinski definition) is 4. The topological polar surface area (TPSA) is 94.8 Å². The van der Waals surface area contributed by atoms with Crippen molar-refractivity contribution in [2.75, 3.05) is 0 Å². The van der Waals surface area contributed by atoms with E-state index in [9.17, 15) is 9.59 Å². The Morgan fingerprint density at radius 1 is 1.25 bits per heavy atom. The molecular formula is C3H6O5. The predicted octanol–water partition coefficient (Wildman–Crippen LogP) is -0.323. The molecule has 8 heavy (non-hydrogen) atoms. The number of hydrogen-bond donors (Lipinski definition) is 3. The second kappa shape index (κ2) is 6.06. The fraction of sp³-hybridized carbons (Fsp3) is 0.333. The fourth-order valence-corrected chi connectivity index (χ4v) is 0. The van der Waals surface area contributed by atoms with Crippen molar-refractivity contribution in [1.82, 2.24) is 0 Å². The van der Waals surface area contributed by atoms with Crippen molar-refractivity contribution in [3.8, 4) is 0 Å². The van der Waals surface area contributed by atoms with Crippen LogP contribution in [-0.2, 0) is 9.59 Å². The number of ketones is 1. The average molecular weight is 122 g/mol. The fourth-order valence-electron chi connectivity index (χ4n) is 0. The summed E-state index contributed by atoms with van der Waals surface area (Å²) < 4.78 is 0. The molecule has 48 valence electrons. The summed E-state index contributed by atoms with van der Waals surface area (Å²) in [5.74, 6) is -2.20. The van der Waals surface area contributed by atoms with Crippen LogP contribution in [0.2, 0.25) is 0 Å². The van der Waals surface area contributed by atoms with Gasteiger partial charge in [0.25, 0.3) is 0 Å². The Morgan fingerprint density at radius 2 is 1.38 bits per heavy atom. The average Bonchev–Trinajstić information content (AvgIpc) is 1.72. The van der Waals surface area contributed by atoms with Crippen molar-refractivity contribution >= 4 is 11.8 Å². The molecule has 0 saturated carbocycles. The zero-order valence-electron chi connectivity index (χ0n) is 4.16. The van der Waals surface area contributed by atoms with Crippen LogP contribution in [0.25, 0.3) is 0 Å². The van der Waals surface area contributed by atoms with Crippen LogP contribution in [0, 0.1) is 0 Å². The quantitative estimate of drug-likeness (QED) is 0.251. The van der Waals surface area contributed by atoms with Crippen molar-refractivity contribution in [3.63, 3.8) is 0 Å². The Morgan fingerprint density at radius 3 is 1.38 bits per heavy atom. The maximum Gasteiger partial charge on any atom is 0.371 e. The van der Waals surface area contributed by atoms with Crippen molar-refractivity contribution in [3.05, 3.63) is 0 Å². The van der Waals surface area contributed by atoms with Crippen LogP contribution in [0.5, 0.6) is 0 Å². The molecule has 0 aromatic carbocycles. The standard InChI is InChI=1S/C3H4O3.H2O2/c1-2(4)3(5)6;1-2/h1H3,(H,5,6);1-2H. The highest BCUT2D eigenvalue weighted by atomic mass is 17.0. The minimum atomic E-state index is -1.38. The molecule has 0 aliphatic rings. The van der Waals surface area contributed by atoms with E-state index in [1.165, 1.54) is 0 Å². The highest BCUT2D eigenvalue weighted by Crippen LogP contribution is 1.61. The summed E-state index contributed by atoms with van der Waals surface area (Å²) in [5, 5.41) is 19.6. The summed E-state index contributed by atoms with van der Waals surface area (Å²) in [4.78, 5) is 18.9. The van der Waals surface area contributed by atoms with E-state index in [-0.39, 0.29) is 0 Å². The van der Waals surface area contributed by atoms with Gasteiger partial charge in [0.15, 0.2) is 0 Å². The second-order valence-electron chi connectivity index (χ2n) is 0.861. The first kappa shape index (κ1) is 10.1. The van der Waals surface area contributed by atoms with Gasteiger partial charge >= 0.3 is 5.97 Å². The second-order valence-corrected chi connectivity index (χ2v) is 0.861. The zero-order valence-corrected chi connectivity index (χ0v) is 4.16. The molecule has 0 aromatic rings. The van der Waals surface area contributed by atoms with E-state index < -0.39 is 11.8 Å². The maximum atomic E-state index is 9.54. The first-order valence-electron chi connectivity index (χ1n) is 1.58. The molecule has 0 unspecified atom stereocenters. The lowest BCUT2D eigenvalue weighted by Crippen LogP contribution is -2.05. The molecule has 0 bridgehead atoms. The third-order valence-corrected chi connectivity index (χ3v) is 0.301. The van der Waals surface area contributed by atoms with E-state index in [0.29, 0.717) is 0 Å². The van der Waals surface area contributed by atoms with Crippen LogP contribution in [0.3, 0.4) is 0 Å². The van der Waals surface area contributed by atoms with E-state index in [1.54, 1.807) is 0 Å². The molecule has 0 heterocycles. The number of carbonyl (C=O) groups excluding carboxylic acids is 1. The van der Waals surface area contributed by atoms with E-state index in [2.05, 4.69) is 0 Å². The zero-order chi connectivity index (χ0) is 7.15. The highest BCUT2D eigenvalue weighted by molar-refractivity contribution is 6.31. The van der Waals surface area contributed by atoms with Crippen LogP contribution in [0.1, 0.15) is 6.92 Å². The summed E-state index contributed by atoms with van der Waals surface area (Å²) >= 11 is 0. The lowest BCUT2D eigenvalue weighted by molar-refractivity contribution is -0.176. The monoisotopic (exact) mass is 122 g/mol. The van der Waals surface area contributed by atoms with Gasteiger partial charge in [-0.25, -0.2) is 4.79 Å². The molecule has 0 atom stereocenters. The van der Waals surface area contributed by atoms with Gasteiger partial charge in [-0.15, -0.1) is 0 Å². The number of carboxylic acids is 1. The van der Waals surface area contributed by atoms with Gasteiger partial charge in [0.05, 0.1) is 0 Å². The third kappa shape index (κ3) is 8.91. The molecule has 0 saturated heterocycles. The number of rotatable bonds is 1. The van der Waals surface area contributed by atoms with Gasteiger partial charge < -0.3 is 5.11 Å². The molecule has 3 N–H and O–H groups in total. The molecule has 0 aliphatic carbocycles. The molecule has 0 fully saturated rings. The Labute approximate surface area is 45.1 Å². The van der Waals surface area contributed by atoms with Crippen molar-refractivity contribution in [2.45, 2.75) is 6.92 Å². The van der Waals surface area contributed by atoms with Crippen LogP contribution in [0.4, 0.5) is 0 Å². The molecule has 0 spiro atoms. The van der Waals surface area contributed by atoms with Gasteiger partial charge in [0, 0.05) is 6.92 Å². The minimum absolute atomic E-state index is 0.824. The molecule has 0 radical (unpaired) electrons. The molecule has 5 heteroatoms. The highest BCUT2D eigenvalue weighted by Gasteiger charge is 1.98. The summed E-state index contributed by atoms with van der Waals surface area (Å²) in [6.07, 6.45) is 0. The van der Waals surface area contributed by atoms with Crippen molar-refractivity contribution in [1.29, 1.82) is 0 Å². The molecule has 5 nitrogen and oxygen atoms in total. The van der Waals surface area contributed by atoms with Crippen molar-refractivity contribution < 1.29 is 25.2 Å². The van der Waals surface area contributed by atoms with E-state index in [1.807, 2.05) is 0 Å². The molecule has 0 aromatic heterocycles. The van der Waals surface area contributed by atoms with E-state index in [0.717, 1.165) is 6.92 Å². The molecular weight excluding hydrogens is 116 g/mol. The summed E-state index contributed by atoms with van der Waals surface area (Å²) in [5.41, 5.74) is 0. The maximum absolute atomic E-state index is 9.54. The first-order chi connectivity index (χ1) is 3.64. The number of aliphatic carboxylic acids is 1. The van der Waals surface area contributed by atoms with Crippen LogP contribution in [-0.4, -0.2) is 27.4 Å². The summed E-state index contributed by atoms with van der Waals surface area (Å²) in [6, 6.07) is 0. The SMILES string of the molecule is CC(=O)C(=O)O.OO. The van der Waals surface area contributed by atoms with E-state index in [4.69, 9.17) is 15.6 Å². The molecule has 0 aliphatic heterocycles. The molecule has 0 rings (SSSR count). The summed E-state index contributed by atoms with van der Waals surface area (Å²) in [6.45, 7) is 1.00. The lowest BCUT2D eigenvalue weighted by Gasteiger charge is -1.73. The third-order valence-electron chi connectivity index (χ3n) is 0.301. The number of carboxylic acid groups (broad SMARTS) is 1. The van der Waals surface area contributed by atoms with Gasteiger partial charge in [-0.1, -0.05) is 0 Å². The van der Waals surface area contributed by atoms with Gasteiger partial charge in [0.1, 0.15) is 0 Å². The van der Waals surface area contributed by atoms with Gasteiger partial charge in [0.2, 0.25) is 5.78 Å². The minimum Gasteiger partial charge on any atom is -0.476 e. The van der Waals surface area contributed by atoms with Gasteiger partial charge in [-0.05, 0) is 0 Å². The van der Waals surface area contributed by atoms with Crippen molar-refractivity contribution in [2.24, 2.45) is 0 Å². The summed E-state index contributed by atoms with van der Waals surface area (Å²) in [7, 11) is 0. The number of Topliss-reactive ketones (excluding diaryl/α,β-unsaturated/α-hetero) is 1. The van der Waals surface area contributed by atoms with Crippen LogP contribution < -0.4 is 0 Å². The van der Waals surface area contributed by atoms with Crippen LogP contribution in [0.15, 0.2) is 0 Å². The Balaban J connectivity index is 0. The van der Waals surface area contributed by atoms with Gasteiger partial charge in [-0.3, -0.25) is 15.3 Å². The number of carbonyl (C=O) groups is 2.